The van der Waals surface area contributed by atoms with Crippen LogP contribution in [0.15, 0.2) is 0 Å². The Morgan fingerprint density at radius 2 is 2.35 bits per heavy atom. The summed E-state index contributed by atoms with van der Waals surface area (Å²) in [6.45, 7) is 3.48. The van der Waals surface area contributed by atoms with E-state index in [0.29, 0.717) is 23.0 Å². The summed E-state index contributed by atoms with van der Waals surface area (Å²) >= 11 is 1.21. The maximum absolute atomic E-state index is 12.1. The topological polar surface area (TPSA) is 100 Å². The molecule has 1 unspecified atom stereocenters. The Balaban J connectivity index is 2.02. The Morgan fingerprint density at radius 3 is 2.95 bits per heavy atom. The molecule has 0 bridgehead atoms. The summed E-state index contributed by atoms with van der Waals surface area (Å²) in [6.07, 6.45) is 1.59. The molecule has 7 nitrogen and oxygen atoms in total. The lowest BCUT2D eigenvalue weighted by Crippen LogP contribution is -2.40. The lowest BCUT2D eigenvalue weighted by atomic mass is 10.2. The van der Waals surface area contributed by atoms with Crippen molar-refractivity contribution in [3.63, 3.8) is 0 Å². The SMILES string of the molecule is CCCNc1nc(N)c(C(=O)NC2CCN(C)C2=O)s1. The van der Waals surface area contributed by atoms with E-state index in [9.17, 15) is 9.59 Å². The molecule has 2 amide bonds. The van der Waals surface area contributed by atoms with Crippen LogP contribution in [0, 0.1) is 0 Å². The van der Waals surface area contributed by atoms with E-state index in [0.717, 1.165) is 13.0 Å². The van der Waals surface area contributed by atoms with Crippen LogP contribution in [0.2, 0.25) is 0 Å². The summed E-state index contributed by atoms with van der Waals surface area (Å²) in [5.41, 5.74) is 5.75. The molecule has 0 radical (unpaired) electrons. The molecule has 20 heavy (non-hydrogen) atoms. The molecular weight excluding hydrogens is 278 g/mol. The lowest BCUT2D eigenvalue weighted by Gasteiger charge is -2.11. The maximum Gasteiger partial charge on any atom is 0.265 e. The van der Waals surface area contributed by atoms with Crippen LogP contribution in [0.25, 0.3) is 0 Å². The fraction of sp³-hybridized carbons (Fsp3) is 0.583. The minimum Gasteiger partial charge on any atom is -0.382 e. The molecule has 0 aliphatic carbocycles. The van der Waals surface area contributed by atoms with Crippen molar-refractivity contribution in [3.05, 3.63) is 4.88 Å². The van der Waals surface area contributed by atoms with Gasteiger partial charge in [-0.1, -0.05) is 18.3 Å². The van der Waals surface area contributed by atoms with Crippen molar-refractivity contribution < 1.29 is 9.59 Å². The average Bonchev–Trinajstić information content (AvgIpc) is 2.94. The number of nitrogen functional groups attached to an aromatic ring is 1. The summed E-state index contributed by atoms with van der Waals surface area (Å²) in [5.74, 6) is -0.200. The van der Waals surface area contributed by atoms with E-state index in [1.807, 2.05) is 6.92 Å². The van der Waals surface area contributed by atoms with Crippen LogP contribution in [0.5, 0.6) is 0 Å². The number of carbonyl (C=O) groups excluding carboxylic acids is 2. The van der Waals surface area contributed by atoms with Crippen molar-refractivity contribution in [3.8, 4) is 0 Å². The van der Waals surface area contributed by atoms with Crippen LogP contribution in [0.3, 0.4) is 0 Å². The third-order valence-corrected chi connectivity index (χ3v) is 4.15. The molecule has 1 aliphatic rings. The molecule has 1 aliphatic heterocycles. The van der Waals surface area contributed by atoms with E-state index in [2.05, 4.69) is 15.6 Å². The fourth-order valence-electron chi connectivity index (χ4n) is 1.98. The van der Waals surface area contributed by atoms with Crippen LogP contribution >= 0.6 is 11.3 Å². The third kappa shape index (κ3) is 3.01. The predicted molar refractivity (Wildman–Crippen MR) is 78.8 cm³/mol. The minimum atomic E-state index is -0.457. The van der Waals surface area contributed by atoms with Crippen LogP contribution in [-0.4, -0.2) is 47.9 Å². The number of anilines is 2. The first kappa shape index (κ1) is 14.6. The number of carbonyl (C=O) groups is 2. The van der Waals surface area contributed by atoms with Gasteiger partial charge in [0.05, 0.1) is 0 Å². The maximum atomic E-state index is 12.1. The molecule has 8 heteroatoms. The van der Waals surface area contributed by atoms with Crippen molar-refractivity contribution in [1.82, 2.24) is 15.2 Å². The quantitative estimate of drug-likeness (QED) is 0.735. The smallest absolute Gasteiger partial charge is 0.265 e. The van der Waals surface area contributed by atoms with Crippen LogP contribution in [-0.2, 0) is 4.79 Å². The summed E-state index contributed by atoms with van der Waals surface area (Å²) in [7, 11) is 1.72. The summed E-state index contributed by atoms with van der Waals surface area (Å²) in [5, 5.41) is 6.44. The van der Waals surface area contributed by atoms with E-state index >= 15 is 0 Å². The second-order valence-electron chi connectivity index (χ2n) is 4.73. The summed E-state index contributed by atoms with van der Waals surface area (Å²) < 4.78 is 0. The van der Waals surface area contributed by atoms with Gasteiger partial charge in [0.15, 0.2) is 5.13 Å². The minimum absolute atomic E-state index is 0.0641. The van der Waals surface area contributed by atoms with Gasteiger partial charge in [0.25, 0.3) is 5.91 Å². The first-order valence-corrected chi connectivity index (χ1v) is 7.40. The Hall–Kier alpha value is -1.83. The number of hydrogen-bond acceptors (Lipinski definition) is 6. The van der Waals surface area contributed by atoms with Gasteiger partial charge in [-0.05, 0) is 12.8 Å². The number of thiazole rings is 1. The Morgan fingerprint density at radius 1 is 1.60 bits per heavy atom. The van der Waals surface area contributed by atoms with E-state index in [1.54, 1.807) is 11.9 Å². The molecule has 0 aromatic carbocycles. The molecule has 0 spiro atoms. The van der Waals surface area contributed by atoms with Gasteiger partial charge in [-0.2, -0.15) is 0 Å². The standard InChI is InChI=1S/C12H19N5O2S/c1-3-5-14-12-16-9(13)8(20-12)10(18)15-7-4-6-17(2)11(7)19/h7H,3-6,13H2,1-2H3,(H,14,16)(H,15,18). The number of nitrogens with zero attached hydrogens (tertiary/aromatic N) is 2. The number of hydrogen-bond donors (Lipinski definition) is 3. The highest BCUT2D eigenvalue weighted by atomic mass is 32.1. The van der Waals surface area contributed by atoms with Gasteiger partial charge in [-0.25, -0.2) is 4.98 Å². The van der Waals surface area contributed by atoms with Gasteiger partial charge in [0.1, 0.15) is 16.7 Å². The van der Waals surface area contributed by atoms with Gasteiger partial charge in [-0.15, -0.1) is 0 Å². The Kier molecular flexibility index (Phi) is 4.43. The lowest BCUT2D eigenvalue weighted by molar-refractivity contribution is -0.128. The van der Waals surface area contributed by atoms with Gasteiger partial charge >= 0.3 is 0 Å². The van der Waals surface area contributed by atoms with Gasteiger partial charge in [0, 0.05) is 20.1 Å². The monoisotopic (exact) mass is 297 g/mol. The number of amides is 2. The normalized spacial score (nSPS) is 18.4. The number of nitrogens with one attached hydrogen (secondary N) is 2. The molecule has 1 fully saturated rings. The molecule has 2 heterocycles. The van der Waals surface area contributed by atoms with Gasteiger partial charge in [-0.3, -0.25) is 9.59 Å². The summed E-state index contributed by atoms with van der Waals surface area (Å²) in [4.78, 5) is 30.0. The number of aromatic nitrogens is 1. The van der Waals surface area contributed by atoms with E-state index < -0.39 is 6.04 Å². The van der Waals surface area contributed by atoms with Crippen molar-refractivity contribution in [1.29, 1.82) is 0 Å². The highest BCUT2D eigenvalue weighted by molar-refractivity contribution is 7.18. The first-order valence-electron chi connectivity index (χ1n) is 6.59. The van der Waals surface area contributed by atoms with Gasteiger partial charge < -0.3 is 21.3 Å². The van der Waals surface area contributed by atoms with E-state index in [-0.39, 0.29) is 17.6 Å². The molecule has 1 saturated heterocycles. The Bertz CT molecular complexity index is 516. The zero-order valence-corrected chi connectivity index (χ0v) is 12.4. The zero-order chi connectivity index (χ0) is 14.7. The summed E-state index contributed by atoms with van der Waals surface area (Å²) in [6, 6.07) is -0.457. The molecule has 0 saturated carbocycles. The number of likely N-dealkylation sites (tertiary alicyclic amines) is 1. The van der Waals surface area contributed by atoms with Crippen molar-refractivity contribution in [2.75, 3.05) is 31.2 Å². The predicted octanol–water partition coefficient (Wildman–Crippen LogP) is 0.508. The molecular formula is C12H19N5O2S. The molecule has 1 atom stereocenters. The molecule has 4 N–H and O–H groups in total. The second kappa shape index (κ2) is 6.08. The molecule has 110 valence electrons. The Labute approximate surface area is 121 Å². The van der Waals surface area contributed by atoms with Crippen LogP contribution in [0.1, 0.15) is 29.4 Å². The number of likely N-dealkylation sites (N-methyl/N-ethyl adjacent to an activating group) is 1. The van der Waals surface area contributed by atoms with E-state index in [1.165, 1.54) is 11.3 Å². The van der Waals surface area contributed by atoms with Crippen LogP contribution < -0.4 is 16.4 Å². The van der Waals surface area contributed by atoms with Crippen molar-refractivity contribution >= 4 is 34.1 Å². The first-order chi connectivity index (χ1) is 9.52. The highest BCUT2D eigenvalue weighted by Crippen LogP contribution is 2.25. The number of rotatable bonds is 5. The third-order valence-electron chi connectivity index (χ3n) is 3.12. The molecule has 1 aromatic heterocycles. The van der Waals surface area contributed by atoms with Crippen molar-refractivity contribution in [2.24, 2.45) is 0 Å². The molecule has 1 aromatic rings. The second-order valence-corrected chi connectivity index (χ2v) is 5.73. The zero-order valence-electron chi connectivity index (χ0n) is 11.6. The van der Waals surface area contributed by atoms with E-state index in [4.69, 9.17) is 5.73 Å². The number of nitrogens with two attached hydrogens (primary N) is 1. The van der Waals surface area contributed by atoms with Crippen LogP contribution in [0.4, 0.5) is 10.9 Å². The van der Waals surface area contributed by atoms with Gasteiger partial charge in [0.2, 0.25) is 5.91 Å². The largest absolute Gasteiger partial charge is 0.382 e. The fourth-order valence-corrected chi connectivity index (χ4v) is 2.80. The molecule has 2 rings (SSSR count). The van der Waals surface area contributed by atoms with Crippen molar-refractivity contribution in [2.45, 2.75) is 25.8 Å². The highest BCUT2D eigenvalue weighted by Gasteiger charge is 2.31. The average molecular weight is 297 g/mol.